The molecule has 104 valence electrons. The molecule has 19 heavy (non-hydrogen) atoms. The van der Waals surface area contributed by atoms with Gasteiger partial charge in [0, 0.05) is 18.2 Å². The van der Waals surface area contributed by atoms with Gasteiger partial charge in [0.2, 0.25) is 0 Å². The molecule has 1 aliphatic carbocycles. The summed E-state index contributed by atoms with van der Waals surface area (Å²) in [6, 6.07) is 5.52. The largest absolute Gasteiger partial charge is 0.573 e. The number of alkyl halides is 3. The maximum absolute atomic E-state index is 12.2. The van der Waals surface area contributed by atoms with Gasteiger partial charge < -0.3 is 15.4 Å². The summed E-state index contributed by atoms with van der Waals surface area (Å²) in [5.41, 5.74) is 0.269. The van der Waals surface area contributed by atoms with E-state index in [0.29, 0.717) is 0 Å². The molecule has 0 bridgehead atoms. The molecule has 1 aliphatic rings. The average molecular weight is 274 g/mol. The fourth-order valence-electron chi connectivity index (χ4n) is 1.51. The van der Waals surface area contributed by atoms with Gasteiger partial charge in [-0.2, -0.15) is 0 Å². The number of hydrogen-bond donors (Lipinski definition) is 2. The highest BCUT2D eigenvalue weighted by Gasteiger charge is 2.32. The van der Waals surface area contributed by atoms with Crippen LogP contribution in [0.5, 0.6) is 5.75 Å². The van der Waals surface area contributed by atoms with Crippen molar-refractivity contribution in [2.45, 2.75) is 31.8 Å². The molecule has 1 saturated carbocycles. The van der Waals surface area contributed by atoms with Gasteiger partial charge in [0.25, 0.3) is 0 Å². The molecule has 2 N–H and O–H groups in total. The molecule has 1 aromatic carbocycles. The summed E-state index contributed by atoms with van der Waals surface area (Å²) in [5.74, 6) is -0.304. The average Bonchev–Trinajstić information content (AvgIpc) is 3.10. The second-order valence-electron chi connectivity index (χ2n) is 4.26. The number of carbonyl (C=O) groups excluding carboxylic acids is 1. The minimum Gasteiger partial charge on any atom is -0.405 e. The minimum absolute atomic E-state index is 0.0230. The zero-order chi connectivity index (χ0) is 13.9. The smallest absolute Gasteiger partial charge is 0.405 e. The Labute approximate surface area is 107 Å². The molecule has 0 saturated heterocycles. The van der Waals surface area contributed by atoms with E-state index < -0.39 is 6.36 Å². The van der Waals surface area contributed by atoms with E-state index >= 15 is 0 Å². The second-order valence-corrected chi connectivity index (χ2v) is 4.26. The zero-order valence-electron chi connectivity index (χ0n) is 9.96. The van der Waals surface area contributed by atoms with E-state index in [4.69, 9.17) is 0 Å². The Morgan fingerprint density at radius 3 is 2.63 bits per heavy atom. The van der Waals surface area contributed by atoms with Crippen molar-refractivity contribution in [1.29, 1.82) is 0 Å². The van der Waals surface area contributed by atoms with Crippen molar-refractivity contribution in [2.75, 3.05) is 0 Å². The Morgan fingerprint density at radius 1 is 1.32 bits per heavy atom. The first kappa shape index (κ1) is 13.5. The number of carbonyl (C=O) groups is 1. The number of benzene rings is 1. The van der Waals surface area contributed by atoms with Crippen molar-refractivity contribution >= 4 is 6.03 Å². The molecule has 0 unspecified atom stereocenters. The Bertz CT molecular complexity index is 459. The summed E-state index contributed by atoms with van der Waals surface area (Å²) < 4.78 is 40.4. The van der Waals surface area contributed by atoms with E-state index in [1.807, 2.05) is 0 Å². The van der Waals surface area contributed by atoms with Crippen LogP contribution < -0.4 is 15.4 Å². The van der Waals surface area contributed by atoms with Gasteiger partial charge in [0.15, 0.2) is 0 Å². The number of para-hydroxylation sites is 1. The van der Waals surface area contributed by atoms with Gasteiger partial charge in [-0.1, -0.05) is 18.2 Å². The van der Waals surface area contributed by atoms with E-state index in [0.717, 1.165) is 12.8 Å². The molecule has 2 rings (SSSR count). The molecule has 0 aliphatic heterocycles. The van der Waals surface area contributed by atoms with E-state index in [1.54, 1.807) is 6.07 Å². The van der Waals surface area contributed by atoms with Gasteiger partial charge in [-0.15, -0.1) is 13.2 Å². The first-order chi connectivity index (χ1) is 8.94. The van der Waals surface area contributed by atoms with Crippen LogP contribution in [0.1, 0.15) is 18.4 Å². The second kappa shape index (κ2) is 5.38. The monoisotopic (exact) mass is 274 g/mol. The van der Waals surface area contributed by atoms with Gasteiger partial charge in [0.05, 0.1) is 0 Å². The summed E-state index contributed by atoms with van der Waals surface area (Å²) in [7, 11) is 0. The molecule has 0 heterocycles. The predicted molar refractivity (Wildman–Crippen MR) is 61.5 cm³/mol. The first-order valence-electron chi connectivity index (χ1n) is 5.82. The van der Waals surface area contributed by atoms with Gasteiger partial charge >= 0.3 is 12.4 Å². The number of rotatable bonds is 4. The van der Waals surface area contributed by atoms with Gasteiger partial charge in [0.1, 0.15) is 5.75 Å². The molecule has 0 atom stereocenters. The van der Waals surface area contributed by atoms with E-state index in [1.165, 1.54) is 18.2 Å². The molecule has 0 radical (unpaired) electrons. The van der Waals surface area contributed by atoms with Crippen molar-refractivity contribution in [1.82, 2.24) is 10.6 Å². The number of hydrogen-bond acceptors (Lipinski definition) is 2. The molecule has 1 fully saturated rings. The molecular formula is C12H13F3N2O2. The highest BCUT2D eigenvalue weighted by Crippen LogP contribution is 2.26. The number of nitrogens with one attached hydrogen (secondary N) is 2. The maximum atomic E-state index is 12.2. The summed E-state index contributed by atoms with van der Waals surface area (Å²) in [4.78, 5) is 11.4. The van der Waals surface area contributed by atoms with Crippen molar-refractivity contribution in [3.05, 3.63) is 29.8 Å². The van der Waals surface area contributed by atoms with E-state index in [2.05, 4.69) is 15.4 Å². The predicted octanol–water partition coefficient (Wildman–Crippen LogP) is 2.55. The molecule has 0 spiro atoms. The number of halogens is 3. The standard InChI is InChI=1S/C12H13F3N2O2/c13-12(14,15)19-10-4-2-1-3-8(10)7-16-11(18)17-9-5-6-9/h1-4,9H,5-7H2,(H2,16,17,18). The normalized spacial score (nSPS) is 14.9. The quantitative estimate of drug-likeness (QED) is 0.886. The summed E-state index contributed by atoms with van der Waals surface area (Å²) >= 11 is 0. The fourth-order valence-corrected chi connectivity index (χ4v) is 1.51. The van der Waals surface area contributed by atoms with Crippen molar-refractivity contribution in [3.8, 4) is 5.75 Å². The van der Waals surface area contributed by atoms with Crippen LogP contribution in [0.3, 0.4) is 0 Å². The van der Waals surface area contributed by atoms with Gasteiger partial charge in [-0.05, 0) is 18.9 Å². The lowest BCUT2D eigenvalue weighted by atomic mass is 10.2. The Morgan fingerprint density at radius 2 is 2.00 bits per heavy atom. The summed E-state index contributed by atoms with van der Waals surface area (Å²) in [6.07, 6.45) is -2.85. The van der Waals surface area contributed by atoms with Crippen molar-refractivity contribution in [2.24, 2.45) is 0 Å². The van der Waals surface area contributed by atoms with Crippen LogP contribution in [0.15, 0.2) is 24.3 Å². The Balaban J connectivity index is 1.93. The molecule has 0 aromatic heterocycles. The third kappa shape index (κ3) is 4.69. The molecule has 1 aromatic rings. The topological polar surface area (TPSA) is 50.4 Å². The SMILES string of the molecule is O=C(NCc1ccccc1OC(F)(F)F)NC1CC1. The Kier molecular flexibility index (Phi) is 3.82. The van der Waals surface area contributed by atoms with Gasteiger partial charge in [-0.25, -0.2) is 4.79 Å². The van der Waals surface area contributed by atoms with Crippen LogP contribution in [0, 0.1) is 0 Å². The molecule has 7 heteroatoms. The van der Waals surface area contributed by atoms with Gasteiger partial charge in [-0.3, -0.25) is 0 Å². The number of amides is 2. The lowest BCUT2D eigenvalue weighted by molar-refractivity contribution is -0.274. The van der Waals surface area contributed by atoms with E-state index in [-0.39, 0.29) is 29.9 Å². The van der Waals surface area contributed by atoms with Crippen LogP contribution in [0.2, 0.25) is 0 Å². The number of urea groups is 1. The minimum atomic E-state index is -4.74. The van der Waals surface area contributed by atoms with Crippen molar-refractivity contribution in [3.63, 3.8) is 0 Å². The Hall–Kier alpha value is -1.92. The molecule has 4 nitrogen and oxygen atoms in total. The number of ether oxygens (including phenoxy) is 1. The maximum Gasteiger partial charge on any atom is 0.573 e. The third-order valence-electron chi connectivity index (χ3n) is 2.55. The van der Waals surface area contributed by atoms with E-state index in [9.17, 15) is 18.0 Å². The summed E-state index contributed by atoms with van der Waals surface area (Å²) in [5, 5.41) is 5.18. The lowest BCUT2D eigenvalue weighted by Crippen LogP contribution is -2.36. The molecular weight excluding hydrogens is 261 g/mol. The summed E-state index contributed by atoms with van der Waals surface area (Å²) in [6.45, 7) is -0.0230. The van der Waals surface area contributed by atoms with Crippen LogP contribution in [-0.2, 0) is 6.54 Å². The fraction of sp³-hybridized carbons (Fsp3) is 0.417. The van der Waals surface area contributed by atoms with Crippen LogP contribution in [0.4, 0.5) is 18.0 Å². The van der Waals surface area contributed by atoms with Crippen LogP contribution >= 0.6 is 0 Å². The first-order valence-corrected chi connectivity index (χ1v) is 5.82. The van der Waals surface area contributed by atoms with Crippen LogP contribution in [-0.4, -0.2) is 18.4 Å². The zero-order valence-corrected chi connectivity index (χ0v) is 9.96. The third-order valence-corrected chi connectivity index (χ3v) is 2.55. The van der Waals surface area contributed by atoms with Crippen LogP contribution in [0.25, 0.3) is 0 Å². The highest BCUT2D eigenvalue weighted by atomic mass is 19.4. The lowest BCUT2D eigenvalue weighted by Gasteiger charge is -2.13. The highest BCUT2D eigenvalue weighted by molar-refractivity contribution is 5.74. The molecule has 2 amide bonds. The van der Waals surface area contributed by atoms with Crippen molar-refractivity contribution < 1.29 is 22.7 Å².